The van der Waals surface area contributed by atoms with Crippen molar-refractivity contribution < 1.29 is 0 Å². The second-order valence-electron chi connectivity index (χ2n) is 2.87. The Morgan fingerprint density at radius 3 is 2.94 bits per heavy atom. The summed E-state index contributed by atoms with van der Waals surface area (Å²) in [7, 11) is 0. The van der Waals surface area contributed by atoms with Gasteiger partial charge in [-0.15, -0.1) is 10.2 Å². The highest BCUT2D eigenvalue weighted by atomic mass is 79.9. The van der Waals surface area contributed by atoms with Crippen molar-refractivity contribution >= 4 is 27.5 Å². The van der Waals surface area contributed by atoms with Crippen molar-refractivity contribution in [1.82, 2.24) is 39.8 Å². The number of aromatic nitrogens is 8. The van der Waals surface area contributed by atoms with Gasteiger partial charge in [-0.2, -0.15) is 14.2 Å². The SMILES string of the molecule is Nc1nc(Br)n(-c2cncc3nnnn23)n1. The Kier molecular flexibility index (Phi) is 1.83. The largest absolute Gasteiger partial charge is 0.366 e. The first-order valence-corrected chi connectivity index (χ1v) is 4.95. The molecule has 16 heavy (non-hydrogen) atoms. The van der Waals surface area contributed by atoms with Gasteiger partial charge in [-0.1, -0.05) is 0 Å². The molecular formula is C6H4BrN9. The fourth-order valence-electron chi connectivity index (χ4n) is 1.26. The molecule has 3 heterocycles. The molecule has 0 fully saturated rings. The minimum atomic E-state index is 0.150. The number of rotatable bonds is 1. The van der Waals surface area contributed by atoms with Crippen molar-refractivity contribution in [3.05, 3.63) is 17.1 Å². The topological polar surface area (TPSA) is 113 Å². The van der Waals surface area contributed by atoms with Crippen LogP contribution in [0.5, 0.6) is 0 Å². The molecule has 3 aromatic rings. The zero-order chi connectivity index (χ0) is 11.1. The van der Waals surface area contributed by atoms with Gasteiger partial charge in [0.2, 0.25) is 10.7 Å². The fraction of sp³-hybridized carbons (Fsp3) is 0. The van der Waals surface area contributed by atoms with Crippen LogP contribution in [-0.4, -0.2) is 39.8 Å². The van der Waals surface area contributed by atoms with Gasteiger partial charge < -0.3 is 5.73 Å². The van der Waals surface area contributed by atoms with Gasteiger partial charge in [-0.25, -0.2) is 0 Å². The predicted molar refractivity (Wildman–Crippen MR) is 55.6 cm³/mol. The van der Waals surface area contributed by atoms with E-state index in [1.54, 1.807) is 6.20 Å². The number of tetrazole rings is 1. The monoisotopic (exact) mass is 281 g/mol. The third-order valence-corrected chi connectivity index (χ3v) is 2.40. The van der Waals surface area contributed by atoms with Crippen LogP contribution in [0.4, 0.5) is 5.95 Å². The van der Waals surface area contributed by atoms with Gasteiger partial charge in [-0.3, -0.25) is 4.98 Å². The molecule has 0 spiro atoms. The molecule has 0 radical (unpaired) electrons. The number of halogens is 1. The molecule has 9 nitrogen and oxygen atoms in total. The first kappa shape index (κ1) is 9.15. The van der Waals surface area contributed by atoms with Crippen LogP contribution in [0.1, 0.15) is 0 Å². The highest BCUT2D eigenvalue weighted by Gasteiger charge is 2.12. The van der Waals surface area contributed by atoms with Crippen LogP contribution in [0, 0.1) is 0 Å². The van der Waals surface area contributed by atoms with E-state index >= 15 is 0 Å². The van der Waals surface area contributed by atoms with Crippen LogP contribution in [0.25, 0.3) is 11.5 Å². The minimum absolute atomic E-state index is 0.150. The number of nitrogen functional groups attached to an aromatic ring is 1. The maximum absolute atomic E-state index is 5.48. The summed E-state index contributed by atoms with van der Waals surface area (Å²) in [6, 6.07) is 0. The summed E-state index contributed by atoms with van der Waals surface area (Å²) in [6.45, 7) is 0. The number of fused-ring (bicyclic) bond motifs is 1. The molecule has 0 saturated carbocycles. The maximum atomic E-state index is 5.48. The number of hydrogen-bond donors (Lipinski definition) is 1. The average molecular weight is 282 g/mol. The van der Waals surface area contributed by atoms with E-state index in [0.29, 0.717) is 16.2 Å². The van der Waals surface area contributed by atoms with Gasteiger partial charge in [0.15, 0.2) is 11.5 Å². The van der Waals surface area contributed by atoms with Crippen LogP contribution in [0.15, 0.2) is 17.1 Å². The number of nitrogens with zero attached hydrogens (tertiary/aromatic N) is 8. The van der Waals surface area contributed by atoms with E-state index in [4.69, 9.17) is 5.73 Å². The van der Waals surface area contributed by atoms with Crippen LogP contribution < -0.4 is 5.73 Å². The fourth-order valence-corrected chi connectivity index (χ4v) is 1.70. The van der Waals surface area contributed by atoms with E-state index in [2.05, 4.69) is 46.5 Å². The van der Waals surface area contributed by atoms with Crippen LogP contribution >= 0.6 is 15.9 Å². The molecule has 0 aliphatic heterocycles. The highest BCUT2D eigenvalue weighted by molar-refractivity contribution is 9.10. The highest BCUT2D eigenvalue weighted by Crippen LogP contribution is 2.14. The smallest absolute Gasteiger partial charge is 0.240 e. The summed E-state index contributed by atoms with van der Waals surface area (Å²) in [5.74, 6) is 0.690. The van der Waals surface area contributed by atoms with Crippen LogP contribution in [0.3, 0.4) is 0 Å². The molecule has 0 unspecified atom stereocenters. The summed E-state index contributed by atoms with van der Waals surface area (Å²) in [5.41, 5.74) is 5.99. The van der Waals surface area contributed by atoms with Gasteiger partial charge >= 0.3 is 0 Å². The number of anilines is 1. The zero-order valence-electron chi connectivity index (χ0n) is 7.69. The van der Waals surface area contributed by atoms with Crippen LogP contribution in [0.2, 0.25) is 0 Å². The lowest BCUT2D eigenvalue weighted by Crippen LogP contribution is -2.06. The second-order valence-corrected chi connectivity index (χ2v) is 3.57. The second kappa shape index (κ2) is 3.20. The van der Waals surface area contributed by atoms with E-state index < -0.39 is 0 Å². The summed E-state index contributed by atoms with van der Waals surface area (Å²) in [5, 5.41) is 15.1. The molecule has 0 atom stereocenters. The Balaban J connectivity index is 2.33. The van der Waals surface area contributed by atoms with E-state index in [-0.39, 0.29) is 5.95 Å². The van der Waals surface area contributed by atoms with Gasteiger partial charge in [-0.05, 0) is 26.4 Å². The van der Waals surface area contributed by atoms with Crippen LogP contribution in [-0.2, 0) is 0 Å². The maximum Gasteiger partial charge on any atom is 0.240 e. The summed E-state index contributed by atoms with van der Waals surface area (Å²) < 4.78 is 3.38. The predicted octanol–water partition coefficient (Wildman–Crippen LogP) is -0.555. The van der Waals surface area contributed by atoms with E-state index in [9.17, 15) is 0 Å². The van der Waals surface area contributed by atoms with Crippen molar-refractivity contribution in [2.75, 3.05) is 5.73 Å². The van der Waals surface area contributed by atoms with Crippen molar-refractivity contribution in [3.8, 4) is 5.82 Å². The van der Waals surface area contributed by atoms with Crippen molar-refractivity contribution in [2.24, 2.45) is 0 Å². The van der Waals surface area contributed by atoms with Crippen molar-refractivity contribution in [2.45, 2.75) is 0 Å². The third kappa shape index (κ3) is 1.23. The Morgan fingerprint density at radius 1 is 1.31 bits per heavy atom. The molecule has 3 aromatic heterocycles. The van der Waals surface area contributed by atoms with Gasteiger partial charge in [0.25, 0.3) is 0 Å². The molecule has 80 valence electrons. The van der Waals surface area contributed by atoms with Gasteiger partial charge in [0, 0.05) is 0 Å². The molecule has 3 rings (SSSR count). The molecule has 0 aromatic carbocycles. The first-order chi connectivity index (χ1) is 7.75. The van der Waals surface area contributed by atoms with E-state index in [1.807, 2.05) is 0 Å². The molecular weight excluding hydrogens is 278 g/mol. The average Bonchev–Trinajstić information content (AvgIpc) is 2.84. The minimum Gasteiger partial charge on any atom is -0.366 e. The Hall–Kier alpha value is -2.10. The molecule has 0 aliphatic carbocycles. The summed E-state index contributed by atoms with van der Waals surface area (Å²) in [6.07, 6.45) is 3.10. The lowest BCUT2D eigenvalue weighted by molar-refractivity contribution is 0.737. The standard InChI is InChI=1S/C6H4BrN9/c7-5-10-6(8)12-16(5)4-2-9-1-3-11-13-14-15(3)4/h1-2H,(H2,8,12). The third-order valence-electron chi connectivity index (χ3n) is 1.89. The number of nitrogens with two attached hydrogens (primary N) is 1. The Morgan fingerprint density at radius 2 is 2.19 bits per heavy atom. The Labute approximate surface area is 96.4 Å². The zero-order valence-corrected chi connectivity index (χ0v) is 9.27. The lowest BCUT2D eigenvalue weighted by Gasteiger charge is -2.01. The molecule has 0 saturated heterocycles. The van der Waals surface area contributed by atoms with Crippen molar-refractivity contribution in [3.63, 3.8) is 0 Å². The lowest BCUT2D eigenvalue weighted by atomic mass is 10.6. The quantitative estimate of drug-likeness (QED) is 0.636. The molecule has 0 bridgehead atoms. The number of hydrogen-bond acceptors (Lipinski definition) is 7. The molecule has 10 heteroatoms. The van der Waals surface area contributed by atoms with E-state index in [1.165, 1.54) is 15.4 Å². The first-order valence-electron chi connectivity index (χ1n) is 4.16. The molecule has 0 amide bonds. The van der Waals surface area contributed by atoms with Gasteiger partial charge in [0.05, 0.1) is 12.4 Å². The Bertz CT molecular complexity index is 655. The summed E-state index contributed by atoms with van der Waals surface area (Å²) in [4.78, 5) is 7.91. The van der Waals surface area contributed by atoms with E-state index in [0.717, 1.165) is 0 Å². The molecule has 2 N–H and O–H groups in total. The summed E-state index contributed by atoms with van der Waals surface area (Å²) >= 11 is 3.23. The normalized spacial score (nSPS) is 11.1. The molecule has 0 aliphatic rings. The van der Waals surface area contributed by atoms with Gasteiger partial charge in [0.1, 0.15) is 0 Å². The van der Waals surface area contributed by atoms with Crippen molar-refractivity contribution in [1.29, 1.82) is 0 Å².